The molecule has 2 aromatic rings. The van der Waals surface area contributed by atoms with Gasteiger partial charge in [-0.2, -0.15) is 0 Å². The first-order valence-corrected chi connectivity index (χ1v) is 9.19. The van der Waals surface area contributed by atoms with E-state index in [1.807, 2.05) is 43.3 Å². The van der Waals surface area contributed by atoms with Crippen molar-refractivity contribution < 1.29 is 9.53 Å². The van der Waals surface area contributed by atoms with Crippen LogP contribution in [0.5, 0.6) is 0 Å². The zero-order valence-electron chi connectivity index (χ0n) is 12.6. The number of ether oxygens (including phenoxy) is 1. The third-order valence-electron chi connectivity index (χ3n) is 2.94. The highest BCUT2D eigenvalue weighted by atomic mass is 32.2. The van der Waals surface area contributed by atoms with Crippen molar-refractivity contribution in [3.8, 4) is 0 Å². The Labute approximate surface area is 140 Å². The molecule has 0 spiro atoms. The van der Waals surface area contributed by atoms with Crippen LogP contribution in [0.3, 0.4) is 0 Å². The monoisotopic (exact) mass is 332 g/mol. The molecule has 0 saturated heterocycles. The predicted molar refractivity (Wildman–Crippen MR) is 94.5 cm³/mol. The highest BCUT2D eigenvalue weighted by molar-refractivity contribution is 8.03. The Kier molecular flexibility index (Phi) is 7.40. The number of thioether (sulfide) groups is 2. The summed E-state index contributed by atoms with van der Waals surface area (Å²) in [5.41, 5.74) is 0. The van der Waals surface area contributed by atoms with Crippen molar-refractivity contribution in [2.75, 3.05) is 12.4 Å². The maximum absolute atomic E-state index is 11.4. The van der Waals surface area contributed by atoms with Gasteiger partial charge in [0, 0.05) is 22.0 Å². The standard InChI is InChI=1S/C18H20O2S2/c1-2-18(19)20-13-17(22-16-11-7-4-8-12-16)14-21-15-9-5-3-6-10-15/h3-12,17H,2,13-14H2,1H3. The molecule has 2 rings (SSSR count). The summed E-state index contributed by atoms with van der Waals surface area (Å²) < 4.78 is 5.34. The molecule has 0 aliphatic carbocycles. The summed E-state index contributed by atoms with van der Waals surface area (Å²) in [6.45, 7) is 2.27. The Morgan fingerprint density at radius 1 is 1.00 bits per heavy atom. The van der Waals surface area contributed by atoms with Crippen molar-refractivity contribution in [3.63, 3.8) is 0 Å². The van der Waals surface area contributed by atoms with Crippen LogP contribution >= 0.6 is 23.5 Å². The molecule has 0 aromatic heterocycles. The van der Waals surface area contributed by atoms with Crippen molar-refractivity contribution in [1.82, 2.24) is 0 Å². The highest BCUT2D eigenvalue weighted by Gasteiger charge is 2.14. The van der Waals surface area contributed by atoms with E-state index < -0.39 is 0 Å². The normalized spacial score (nSPS) is 11.9. The molecular formula is C18H20O2S2. The lowest BCUT2D eigenvalue weighted by molar-refractivity contribution is -0.143. The predicted octanol–water partition coefficient (Wildman–Crippen LogP) is 4.89. The number of carbonyl (C=O) groups is 1. The van der Waals surface area contributed by atoms with Crippen LogP contribution in [0.2, 0.25) is 0 Å². The summed E-state index contributed by atoms with van der Waals surface area (Å²) >= 11 is 3.56. The minimum absolute atomic E-state index is 0.136. The number of benzene rings is 2. The molecule has 0 heterocycles. The zero-order valence-corrected chi connectivity index (χ0v) is 14.2. The van der Waals surface area contributed by atoms with Gasteiger partial charge in [0.2, 0.25) is 0 Å². The van der Waals surface area contributed by atoms with Gasteiger partial charge in [0.15, 0.2) is 0 Å². The Balaban J connectivity index is 1.93. The van der Waals surface area contributed by atoms with Crippen LogP contribution in [0, 0.1) is 0 Å². The zero-order chi connectivity index (χ0) is 15.6. The van der Waals surface area contributed by atoms with E-state index >= 15 is 0 Å². The number of carbonyl (C=O) groups excluding carboxylic acids is 1. The van der Waals surface area contributed by atoms with Gasteiger partial charge >= 0.3 is 5.97 Å². The molecule has 0 aliphatic rings. The lowest BCUT2D eigenvalue weighted by Crippen LogP contribution is -2.18. The molecule has 2 nitrogen and oxygen atoms in total. The quantitative estimate of drug-likeness (QED) is 0.508. The SMILES string of the molecule is CCC(=O)OCC(CSc1ccccc1)Sc1ccccc1. The topological polar surface area (TPSA) is 26.3 Å². The summed E-state index contributed by atoms with van der Waals surface area (Å²) in [7, 11) is 0. The fourth-order valence-electron chi connectivity index (χ4n) is 1.80. The number of esters is 1. The molecule has 22 heavy (non-hydrogen) atoms. The first-order chi connectivity index (χ1) is 10.8. The highest BCUT2D eigenvalue weighted by Crippen LogP contribution is 2.28. The number of hydrogen-bond donors (Lipinski definition) is 0. The van der Waals surface area contributed by atoms with Gasteiger partial charge in [-0.1, -0.05) is 43.3 Å². The fraction of sp³-hybridized carbons (Fsp3) is 0.278. The van der Waals surface area contributed by atoms with E-state index in [1.165, 1.54) is 9.79 Å². The van der Waals surface area contributed by atoms with Crippen molar-refractivity contribution in [2.24, 2.45) is 0 Å². The maximum atomic E-state index is 11.4. The third kappa shape index (κ3) is 6.16. The molecule has 4 heteroatoms. The molecule has 116 valence electrons. The second-order valence-corrected chi connectivity index (χ2v) is 7.18. The minimum atomic E-state index is -0.136. The van der Waals surface area contributed by atoms with Crippen LogP contribution in [0.4, 0.5) is 0 Å². The van der Waals surface area contributed by atoms with E-state index in [2.05, 4.69) is 24.3 Å². The first-order valence-electron chi connectivity index (χ1n) is 7.33. The van der Waals surface area contributed by atoms with Gasteiger partial charge in [-0.05, 0) is 24.3 Å². The molecule has 0 saturated carbocycles. The van der Waals surface area contributed by atoms with E-state index in [1.54, 1.807) is 23.5 Å². The number of hydrogen-bond acceptors (Lipinski definition) is 4. The van der Waals surface area contributed by atoms with Crippen molar-refractivity contribution >= 4 is 29.5 Å². The Morgan fingerprint density at radius 3 is 2.18 bits per heavy atom. The minimum Gasteiger partial charge on any atom is -0.464 e. The molecule has 0 N–H and O–H groups in total. The summed E-state index contributed by atoms with van der Waals surface area (Å²) in [5, 5.41) is 0.239. The van der Waals surface area contributed by atoms with E-state index in [9.17, 15) is 4.79 Å². The van der Waals surface area contributed by atoms with Gasteiger partial charge < -0.3 is 4.74 Å². The van der Waals surface area contributed by atoms with Gasteiger partial charge in [-0.25, -0.2) is 0 Å². The average molecular weight is 332 g/mol. The second-order valence-electron chi connectivity index (χ2n) is 4.71. The lowest BCUT2D eigenvalue weighted by atomic mass is 10.4. The van der Waals surface area contributed by atoms with E-state index in [4.69, 9.17) is 4.74 Å². The van der Waals surface area contributed by atoms with Crippen LogP contribution in [0.25, 0.3) is 0 Å². The summed E-state index contributed by atoms with van der Waals surface area (Å²) in [4.78, 5) is 13.8. The van der Waals surface area contributed by atoms with E-state index in [0.717, 1.165) is 5.75 Å². The fourth-order valence-corrected chi connectivity index (χ4v) is 3.94. The molecule has 0 fully saturated rings. The Hall–Kier alpha value is -1.39. The summed E-state index contributed by atoms with van der Waals surface area (Å²) in [6, 6.07) is 20.6. The van der Waals surface area contributed by atoms with Crippen molar-refractivity contribution in [2.45, 2.75) is 28.4 Å². The van der Waals surface area contributed by atoms with Gasteiger partial charge in [0.25, 0.3) is 0 Å². The van der Waals surface area contributed by atoms with Crippen LogP contribution < -0.4 is 0 Å². The van der Waals surface area contributed by atoms with Gasteiger partial charge in [0.1, 0.15) is 6.61 Å². The molecule has 1 atom stereocenters. The van der Waals surface area contributed by atoms with Crippen LogP contribution in [0.1, 0.15) is 13.3 Å². The van der Waals surface area contributed by atoms with E-state index in [0.29, 0.717) is 13.0 Å². The van der Waals surface area contributed by atoms with Crippen LogP contribution in [0.15, 0.2) is 70.5 Å². The largest absolute Gasteiger partial charge is 0.464 e. The van der Waals surface area contributed by atoms with Gasteiger partial charge in [0.05, 0.1) is 5.25 Å². The summed E-state index contributed by atoms with van der Waals surface area (Å²) in [6.07, 6.45) is 0.425. The molecule has 1 unspecified atom stereocenters. The maximum Gasteiger partial charge on any atom is 0.305 e. The average Bonchev–Trinajstić information content (AvgIpc) is 2.58. The van der Waals surface area contributed by atoms with Crippen LogP contribution in [-0.4, -0.2) is 23.6 Å². The Morgan fingerprint density at radius 2 is 1.59 bits per heavy atom. The van der Waals surface area contributed by atoms with Crippen LogP contribution in [-0.2, 0) is 9.53 Å². The van der Waals surface area contributed by atoms with Crippen molar-refractivity contribution in [3.05, 3.63) is 60.7 Å². The molecule has 2 aromatic carbocycles. The smallest absolute Gasteiger partial charge is 0.305 e. The molecular weight excluding hydrogens is 312 g/mol. The molecule has 0 amide bonds. The van der Waals surface area contributed by atoms with Crippen molar-refractivity contribution in [1.29, 1.82) is 0 Å². The second kappa shape index (κ2) is 9.59. The molecule has 0 aliphatic heterocycles. The van der Waals surface area contributed by atoms with Gasteiger partial charge in [-0.15, -0.1) is 23.5 Å². The first kappa shape index (κ1) is 17.0. The van der Waals surface area contributed by atoms with Gasteiger partial charge in [-0.3, -0.25) is 4.79 Å². The molecule has 0 radical (unpaired) electrons. The Bertz CT molecular complexity index is 558. The summed E-state index contributed by atoms with van der Waals surface area (Å²) in [5.74, 6) is 0.768. The number of rotatable bonds is 8. The third-order valence-corrected chi connectivity index (χ3v) is 5.51. The van der Waals surface area contributed by atoms with E-state index in [-0.39, 0.29) is 11.2 Å². The lowest BCUT2D eigenvalue weighted by Gasteiger charge is -2.16. The molecule has 0 bridgehead atoms.